The molecule has 0 unspecified atom stereocenters. The zero-order valence-electron chi connectivity index (χ0n) is 18.5. The van der Waals surface area contributed by atoms with Crippen LogP contribution in [-0.4, -0.2) is 53.8 Å². The predicted octanol–water partition coefficient (Wildman–Crippen LogP) is 2.44. The first-order valence-electron chi connectivity index (χ1n) is 10.2. The monoisotopic (exact) mass is 481 g/mol. The maximum absolute atomic E-state index is 13.1. The number of carbonyl (C=O) groups excluding carboxylic acids is 1. The van der Waals surface area contributed by atoms with Gasteiger partial charge in [-0.3, -0.25) is 9.52 Å². The fourth-order valence-corrected chi connectivity index (χ4v) is 6.16. The third-order valence-corrected chi connectivity index (χ3v) is 8.69. The molecule has 0 aliphatic carbocycles. The van der Waals surface area contributed by atoms with Crippen LogP contribution in [-0.2, 0) is 31.3 Å². The summed E-state index contributed by atoms with van der Waals surface area (Å²) in [7, 11) is -6.23. The summed E-state index contributed by atoms with van der Waals surface area (Å²) in [6.07, 6.45) is 0.122. The van der Waals surface area contributed by atoms with Crippen LogP contribution in [0, 0.1) is 0 Å². The van der Waals surface area contributed by atoms with E-state index in [2.05, 4.69) is 4.72 Å². The average Bonchev–Trinajstić information content (AvgIpc) is 3.03. The van der Waals surface area contributed by atoms with Crippen LogP contribution >= 0.6 is 0 Å². The van der Waals surface area contributed by atoms with E-state index >= 15 is 0 Å². The number of sulfonamides is 2. The van der Waals surface area contributed by atoms with Gasteiger partial charge in [-0.15, -0.1) is 0 Å². The molecule has 0 saturated carbocycles. The van der Waals surface area contributed by atoms with Crippen LogP contribution in [0.3, 0.4) is 0 Å². The summed E-state index contributed by atoms with van der Waals surface area (Å²) in [6, 6.07) is 8.55. The van der Waals surface area contributed by atoms with E-state index in [1.807, 2.05) is 0 Å². The molecule has 1 amide bonds. The second-order valence-electron chi connectivity index (χ2n) is 7.21. The number of ether oxygens (including phenoxy) is 1. The molecule has 9 nitrogen and oxygen atoms in total. The van der Waals surface area contributed by atoms with Crippen LogP contribution in [0.1, 0.15) is 26.3 Å². The molecule has 0 radical (unpaired) electrons. The number of anilines is 2. The molecule has 1 heterocycles. The molecule has 174 valence electrons. The van der Waals surface area contributed by atoms with Gasteiger partial charge in [0, 0.05) is 25.8 Å². The summed E-state index contributed by atoms with van der Waals surface area (Å²) in [6.45, 7) is 6.05. The molecule has 2 aromatic rings. The van der Waals surface area contributed by atoms with E-state index in [-0.39, 0.29) is 53.3 Å². The lowest BCUT2D eigenvalue weighted by Crippen LogP contribution is -2.30. The molecular formula is C21H27N3O6S2. The summed E-state index contributed by atoms with van der Waals surface area (Å²) in [5.74, 6) is 0.0982. The second-order valence-corrected chi connectivity index (χ2v) is 10.8. The van der Waals surface area contributed by atoms with Crippen LogP contribution in [0.2, 0.25) is 0 Å². The van der Waals surface area contributed by atoms with Gasteiger partial charge in [-0.05, 0) is 48.9 Å². The van der Waals surface area contributed by atoms with E-state index in [1.165, 1.54) is 39.5 Å². The van der Waals surface area contributed by atoms with Gasteiger partial charge in [-0.1, -0.05) is 13.8 Å². The molecule has 0 saturated heterocycles. The number of rotatable bonds is 9. The number of hydrogen-bond donors (Lipinski definition) is 1. The highest BCUT2D eigenvalue weighted by atomic mass is 32.2. The van der Waals surface area contributed by atoms with E-state index in [9.17, 15) is 21.6 Å². The minimum atomic E-state index is -4.07. The summed E-state index contributed by atoms with van der Waals surface area (Å²) in [4.78, 5) is 13.3. The molecule has 3 rings (SSSR count). The number of amides is 1. The van der Waals surface area contributed by atoms with Crippen molar-refractivity contribution < 1.29 is 26.4 Å². The molecule has 0 spiro atoms. The topological polar surface area (TPSA) is 113 Å². The van der Waals surface area contributed by atoms with Gasteiger partial charge in [-0.25, -0.2) is 16.8 Å². The number of benzene rings is 2. The molecule has 32 heavy (non-hydrogen) atoms. The quantitative estimate of drug-likeness (QED) is 0.589. The van der Waals surface area contributed by atoms with Crippen molar-refractivity contribution in [3.05, 3.63) is 42.0 Å². The Kier molecular flexibility index (Phi) is 6.82. The van der Waals surface area contributed by atoms with Crippen LogP contribution < -0.4 is 14.4 Å². The molecule has 0 aromatic heterocycles. The fraction of sp³-hybridized carbons (Fsp3) is 0.381. The highest BCUT2D eigenvalue weighted by molar-refractivity contribution is 7.92. The standard InChI is InChI=1S/C21H27N3O6S2/c1-5-24(6-2)32(28,29)17-9-11-20(30-7-3)18(14-17)22-31(26,27)16-8-10-19-15(12-16)13-21(25)23(19)4/h8-12,14,22H,5-7,13H2,1-4H3. The van der Waals surface area contributed by atoms with E-state index in [1.54, 1.807) is 33.9 Å². The first kappa shape index (κ1) is 24.0. The van der Waals surface area contributed by atoms with Crippen molar-refractivity contribution in [1.82, 2.24) is 4.31 Å². The van der Waals surface area contributed by atoms with Crippen LogP contribution in [0.25, 0.3) is 0 Å². The van der Waals surface area contributed by atoms with Gasteiger partial charge in [0.15, 0.2) is 0 Å². The van der Waals surface area contributed by atoms with Gasteiger partial charge in [0.05, 0.1) is 28.5 Å². The smallest absolute Gasteiger partial charge is 0.262 e. The van der Waals surface area contributed by atoms with E-state index in [0.717, 1.165) is 0 Å². The van der Waals surface area contributed by atoms with Gasteiger partial charge < -0.3 is 9.64 Å². The molecule has 11 heteroatoms. The Hall–Kier alpha value is -2.63. The van der Waals surface area contributed by atoms with Gasteiger partial charge in [0.1, 0.15) is 5.75 Å². The molecule has 2 aromatic carbocycles. The minimum Gasteiger partial charge on any atom is -0.492 e. The first-order chi connectivity index (χ1) is 15.0. The molecule has 0 fully saturated rings. The van der Waals surface area contributed by atoms with Crippen molar-refractivity contribution in [1.29, 1.82) is 0 Å². The summed E-state index contributed by atoms with van der Waals surface area (Å²) in [5.41, 5.74) is 1.30. The van der Waals surface area contributed by atoms with Crippen LogP contribution in [0.15, 0.2) is 46.2 Å². The van der Waals surface area contributed by atoms with Gasteiger partial charge in [0.25, 0.3) is 10.0 Å². The lowest BCUT2D eigenvalue weighted by Gasteiger charge is -2.20. The summed E-state index contributed by atoms with van der Waals surface area (Å²) >= 11 is 0. The molecule has 1 aliphatic rings. The fourth-order valence-electron chi connectivity index (χ4n) is 3.56. The Balaban J connectivity index is 2.02. The number of nitrogens with one attached hydrogen (secondary N) is 1. The van der Waals surface area contributed by atoms with Crippen molar-refractivity contribution in [2.75, 3.05) is 36.4 Å². The Morgan fingerprint density at radius 1 is 1.00 bits per heavy atom. The van der Waals surface area contributed by atoms with Gasteiger partial charge >= 0.3 is 0 Å². The van der Waals surface area contributed by atoms with Crippen molar-refractivity contribution in [3.8, 4) is 5.75 Å². The Bertz CT molecular complexity index is 1240. The Labute approximate surface area is 189 Å². The second kappa shape index (κ2) is 9.08. The Morgan fingerprint density at radius 3 is 2.28 bits per heavy atom. The Morgan fingerprint density at radius 2 is 1.66 bits per heavy atom. The first-order valence-corrected chi connectivity index (χ1v) is 13.2. The predicted molar refractivity (Wildman–Crippen MR) is 122 cm³/mol. The van der Waals surface area contributed by atoms with Gasteiger partial charge in [0.2, 0.25) is 15.9 Å². The third-order valence-electron chi connectivity index (χ3n) is 5.28. The zero-order chi connectivity index (χ0) is 23.7. The van der Waals surface area contributed by atoms with Crippen molar-refractivity contribution >= 4 is 37.3 Å². The van der Waals surface area contributed by atoms with Gasteiger partial charge in [-0.2, -0.15) is 4.31 Å². The molecule has 0 atom stereocenters. The van der Waals surface area contributed by atoms with E-state index in [4.69, 9.17) is 4.74 Å². The number of fused-ring (bicyclic) bond motifs is 1. The zero-order valence-corrected chi connectivity index (χ0v) is 20.1. The number of hydrogen-bond acceptors (Lipinski definition) is 6. The molecule has 1 aliphatic heterocycles. The average molecular weight is 482 g/mol. The van der Waals surface area contributed by atoms with Crippen molar-refractivity contribution in [3.63, 3.8) is 0 Å². The lowest BCUT2D eigenvalue weighted by molar-refractivity contribution is -0.117. The summed E-state index contributed by atoms with van der Waals surface area (Å²) in [5, 5.41) is 0. The number of carbonyl (C=O) groups is 1. The van der Waals surface area contributed by atoms with Crippen LogP contribution in [0.4, 0.5) is 11.4 Å². The maximum Gasteiger partial charge on any atom is 0.262 e. The molecule has 1 N–H and O–H groups in total. The number of likely N-dealkylation sites (N-methyl/N-ethyl adjacent to an activating group) is 1. The highest BCUT2D eigenvalue weighted by Crippen LogP contribution is 2.33. The lowest BCUT2D eigenvalue weighted by atomic mass is 10.2. The molecular weight excluding hydrogens is 454 g/mol. The normalized spacial score (nSPS) is 14.0. The minimum absolute atomic E-state index is 0.0220. The number of nitrogens with zero attached hydrogens (tertiary/aromatic N) is 2. The largest absolute Gasteiger partial charge is 0.492 e. The van der Waals surface area contributed by atoms with Crippen molar-refractivity contribution in [2.45, 2.75) is 37.0 Å². The third kappa shape index (κ3) is 4.45. The highest BCUT2D eigenvalue weighted by Gasteiger charge is 2.28. The maximum atomic E-state index is 13.1. The van der Waals surface area contributed by atoms with E-state index < -0.39 is 20.0 Å². The van der Waals surface area contributed by atoms with Crippen molar-refractivity contribution in [2.24, 2.45) is 0 Å². The molecule has 0 bridgehead atoms. The SMILES string of the molecule is CCOc1ccc(S(=O)(=O)N(CC)CC)cc1NS(=O)(=O)c1ccc2c(c1)CC(=O)N2C. The van der Waals surface area contributed by atoms with Crippen LogP contribution in [0.5, 0.6) is 5.75 Å². The van der Waals surface area contributed by atoms with E-state index in [0.29, 0.717) is 11.3 Å². The summed E-state index contributed by atoms with van der Waals surface area (Å²) < 4.78 is 61.3.